The number of aliphatic hydroxyl groups excluding tert-OH is 1. The molecule has 0 aliphatic carbocycles. The molecule has 264 valence electrons. The van der Waals surface area contributed by atoms with Crippen molar-refractivity contribution in [2.75, 3.05) is 44.4 Å². The van der Waals surface area contributed by atoms with E-state index >= 15 is 0 Å². The zero-order valence-electron chi connectivity index (χ0n) is 29.5. The highest BCUT2D eigenvalue weighted by Gasteiger charge is 2.19. The van der Waals surface area contributed by atoms with Crippen molar-refractivity contribution in [2.24, 2.45) is 0 Å². The summed E-state index contributed by atoms with van der Waals surface area (Å²) in [7, 11) is -1.22. The van der Waals surface area contributed by atoms with Crippen LogP contribution in [-0.2, 0) is 27.8 Å². The van der Waals surface area contributed by atoms with Crippen molar-refractivity contribution in [3.63, 3.8) is 0 Å². The van der Waals surface area contributed by atoms with Crippen LogP contribution in [0.5, 0.6) is 5.75 Å². The van der Waals surface area contributed by atoms with Crippen molar-refractivity contribution >= 4 is 39.2 Å². The van der Waals surface area contributed by atoms with Crippen molar-refractivity contribution in [1.82, 2.24) is 19.5 Å². The molecule has 0 fully saturated rings. The highest BCUT2D eigenvalue weighted by Crippen LogP contribution is 2.35. The van der Waals surface area contributed by atoms with Crippen LogP contribution in [0.4, 0.5) is 5.69 Å². The second kappa shape index (κ2) is 17.1. The van der Waals surface area contributed by atoms with Gasteiger partial charge in [0.2, 0.25) is 0 Å². The highest BCUT2D eigenvalue weighted by atomic mass is 32.2. The number of benzene rings is 3. The molecule has 6 rings (SSSR count). The minimum Gasteiger partial charge on any atom is -0.491 e. The van der Waals surface area contributed by atoms with Crippen molar-refractivity contribution in [1.29, 1.82) is 0 Å². The Morgan fingerprint density at radius 1 is 0.960 bits per heavy atom. The van der Waals surface area contributed by atoms with Gasteiger partial charge >= 0.3 is 0 Å². The maximum atomic E-state index is 13.5. The van der Waals surface area contributed by atoms with Crippen LogP contribution >= 0.6 is 0 Å². The van der Waals surface area contributed by atoms with E-state index in [1.54, 1.807) is 0 Å². The Labute approximate surface area is 297 Å². The molecule has 5 aromatic rings. The fourth-order valence-corrected chi connectivity index (χ4v) is 7.71. The number of aryl methyl sites for hydroxylation is 2. The van der Waals surface area contributed by atoms with E-state index in [2.05, 4.69) is 69.7 Å². The molecule has 0 radical (unpaired) electrons. The number of imidazole rings is 2. The molecule has 10 heteroatoms. The summed E-state index contributed by atoms with van der Waals surface area (Å²) in [6, 6.07) is 20.6. The van der Waals surface area contributed by atoms with Crippen LogP contribution in [0.3, 0.4) is 0 Å². The van der Waals surface area contributed by atoms with E-state index in [1.807, 2.05) is 43.6 Å². The molecule has 0 spiro atoms. The topological polar surface area (TPSA) is 106 Å². The zero-order chi connectivity index (χ0) is 34.9. The van der Waals surface area contributed by atoms with E-state index in [-0.39, 0.29) is 6.61 Å². The minimum absolute atomic E-state index is 0.0939. The Bertz CT molecular complexity index is 1930. The Kier molecular flexibility index (Phi) is 12.2. The summed E-state index contributed by atoms with van der Waals surface area (Å²) in [5.41, 5.74) is 9.17. The van der Waals surface area contributed by atoms with E-state index < -0.39 is 10.8 Å². The Balaban J connectivity index is 1.24. The molecule has 1 aliphatic heterocycles. The van der Waals surface area contributed by atoms with Crippen molar-refractivity contribution in [2.45, 2.75) is 70.1 Å². The van der Waals surface area contributed by atoms with E-state index in [9.17, 15) is 9.32 Å². The molecule has 2 aromatic heterocycles. The number of fused-ring (bicyclic) bond motifs is 2. The standard InChI is InChI=1S/C40H49N5O4S/c1-4-6-21-48-22-23-49-34-12-9-30(10-13-34)31-11-16-38-33(24-31)25-32(8-7-18-44(38)19-20-46)40-42-36-15-14-35(26-37(36)43-40)50(47)27-39-29(3)41-28-45(39)17-5-2/h9-16,24-26,28,46H,4-8,17-23,27H2,1-3H3,(H,42,43)/b32-25+/t50-/m0/s1. The molecule has 3 heterocycles. The van der Waals surface area contributed by atoms with Gasteiger partial charge in [0.15, 0.2) is 0 Å². The number of nitrogens with zero attached hydrogens (tertiary/aromatic N) is 4. The van der Waals surface area contributed by atoms with Gasteiger partial charge in [-0.1, -0.05) is 38.5 Å². The third-order valence-electron chi connectivity index (χ3n) is 9.18. The number of H-pyrrole nitrogens is 1. The predicted octanol–water partition coefficient (Wildman–Crippen LogP) is 7.78. The molecule has 0 saturated carbocycles. The van der Waals surface area contributed by atoms with Gasteiger partial charge in [-0.15, -0.1) is 0 Å². The number of hydrogen-bond acceptors (Lipinski definition) is 7. The summed E-state index contributed by atoms with van der Waals surface area (Å²) in [6.07, 6.45) is 9.03. The molecule has 0 bridgehead atoms. The highest BCUT2D eigenvalue weighted by molar-refractivity contribution is 7.84. The number of β-amino-alcohol motifs (C(OH)–C–C–N with tert-alkyl or cyclic N) is 1. The van der Waals surface area contributed by atoms with Gasteiger partial charge in [-0.3, -0.25) is 4.21 Å². The first-order valence-corrected chi connectivity index (χ1v) is 19.2. The molecule has 0 saturated heterocycles. The fraction of sp³-hybridized carbons (Fsp3) is 0.400. The predicted molar refractivity (Wildman–Crippen MR) is 203 cm³/mol. The molecular weight excluding hydrogens is 647 g/mol. The molecule has 9 nitrogen and oxygen atoms in total. The number of aliphatic hydroxyl groups is 1. The summed E-state index contributed by atoms with van der Waals surface area (Å²) in [5, 5.41) is 9.86. The van der Waals surface area contributed by atoms with Crippen LogP contribution in [0.25, 0.3) is 33.8 Å². The Morgan fingerprint density at radius 3 is 2.60 bits per heavy atom. The lowest BCUT2D eigenvalue weighted by Gasteiger charge is -2.28. The van der Waals surface area contributed by atoms with E-state index in [4.69, 9.17) is 14.5 Å². The average molecular weight is 696 g/mol. The first-order chi connectivity index (χ1) is 24.5. The van der Waals surface area contributed by atoms with Gasteiger partial charge in [-0.2, -0.15) is 0 Å². The van der Waals surface area contributed by atoms with Crippen molar-refractivity contribution < 1.29 is 18.8 Å². The summed E-state index contributed by atoms with van der Waals surface area (Å²) >= 11 is 0. The third-order valence-corrected chi connectivity index (χ3v) is 10.5. The van der Waals surface area contributed by atoms with Crippen LogP contribution in [0.1, 0.15) is 68.7 Å². The number of anilines is 1. The number of allylic oxidation sites excluding steroid dienone is 1. The van der Waals surface area contributed by atoms with Gasteiger partial charge in [-0.25, -0.2) is 9.97 Å². The van der Waals surface area contributed by atoms with E-state index in [0.717, 1.165) is 119 Å². The smallest absolute Gasteiger partial charge is 0.134 e. The molecule has 1 aliphatic rings. The second-order valence-electron chi connectivity index (χ2n) is 12.8. The lowest BCUT2D eigenvalue weighted by Crippen LogP contribution is -2.29. The number of rotatable bonds is 16. The number of aromatic nitrogens is 4. The molecule has 2 N–H and O–H groups in total. The Morgan fingerprint density at radius 2 is 1.80 bits per heavy atom. The normalized spacial score (nSPS) is 15.0. The lowest BCUT2D eigenvalue weighted by atomic mass is 9.96. The van der Waals surface area contributed by atoms with Crippen LogP contribution in [-0.4, -0.2) is 68.4 Å². The number of aromatic amines is 1. The van der Waals surface area contributed by atoms with Gasteiger partial charge in [-0.05, 0) is 103 Å². The van der Waals surface area contributed by atoms with Crippen LogP contribution in [0.15, 0.2) is 71.9 Å². The summed E-state index contributed by atoms with van der Waals surface area (Å²) in [4.78, 5) is 16.0. The maximum absolute atomic E-state index is 13.5. The molecule has 0 amide bonds. The summed E-state index contributed by atoms with van der Waals surface area (Å²) < 4.78 is 27.2. The quantitative estimate of drug-likeness (QED) is 0.102. The summed E-state index contributed by atoms with van der Waals surface area (Å²) in [5.74, 6) is 2.08. The van der Waals surface area contributed by atoms with Crippen LogP contribution in [0, 0.1) is 6.92 Å². The number of unbranched alkanes of at least 4 members (excludes halogenated alkanes) is 1. The second-order valence-corrected chi connectivity index (χ2v) is 14.3. The first kappa shape index (κ1) is 35.6. The molecule has 1 atom stereocenters. The van der Waals surface area contributed by atoms with Crippen molar-refractivity contribution in [3.05, 3.63) is 89.8 Å². The number of nitrogens with one attached hydrogen (secondary N) is 1. The number of hydrogen-bond donors (Lipinski definition) is 2. The largest absolute Gasteiger partial charge is 0.491 e. The monoisotopic (exact) mass is 695 g/mol. The molecule has 3 aromatic carbocycles. The maximum Gasteiger partial charge on any atom is 0.134 e. The molecular formula is C40H49N5O4S. The van der Waals surface area contributed by atoms with E-state index in [1.165, 1.54) is 0 Å². The first-order valence-electron chi connectivity index (χ1n) is 17.9. The van der Waals surface area contributed by atoms with E-state index in [0.29, 0.717) is 25.5 Å². The SMILES string of the molecule is CCCCOCCOc1ccc(-c2ccc3c(c2)/C=C(/c2nc4ccc([S@@](=O)Cc5c(C)ncn5CCC)cc4[nH]2)CCCN3CCO)cc1. The van der Waals surface area contributed by atoms with Gasteiger partial charge in [0.05, 0.1) is 58.5 Å². The average Bonchev–Trinajstić information content (AvgIpc) is 3.70. The van der Waals surface area contributed by atoms with Gasteiger partial charge in [0, 0.05) is 36.8 Å². The lowest BCUT2D eigenvalue weighted by molar-refractivity contribution is 0.0981. The van der Waals surface area contributed by atoms with Crippen molar-refractivity contribution in [3.8, 4) is 16.9 Å². The fourth-order valence-electron chi connectivity index (χ4n) is 6.45. The van der Waals surface area contributed by atoms with Crippen LogP contribution in [0.2, 0.25) is 0 Å². The summed E-state index contributed by atoms with van der Waals surface area (Å²) in [6.45, 7) is 10.5. The minimum atomic E-state index is -1.22. The van der Waals surface area contributed by atoms with Gasteiger partial charge in [0.1, 0.15) is 18.2 Å². The third kappa shape index (κ3) is 8.54. The van der Waals surface area contributed by atoms with Gasteiger partial charge < -0.3 is 29.0 Å². The van der Waals surface area contributed by atoms with Crippen LogP contribution < -0.4 is 9.64 Å². The Hall–Kier alpha value is -4.25. The zero-order valence-corrected chi connectivity index (χ0v) is 30.3. The van der Waals surface area contributed by atoms with Gasteiger partial charge in [0.25, 0.3) is 0 Å². The molecule has 50 heavy (non-hydrogen) atoms. The molecule has 0 unspecified atom stereocenters. The number of ether oxygens (including phenoxy) is 2.